The van der Waals surface area contributed by atoms with E-state index in [-0.39, 0.29) is 17.3 Å². The van der Waals surface area contributed by atoms with E-state index in [1.54, 1.807) is 19.1 Å². The first-order chi connectivity index (χ1) is 11.5. The summed E-state index contributed by atoms with van der Waals surface area (Å²) in [4.78, 5) is 23.4. The number of esters is 1. The van der Waals surface area contributed by atoms with Gasteiger partial charge in [0.2, 0.25) is 0 Å². The van der Waals surface area contributed by atoms with Crippen LogP contribution in [0.2, 0.25) is 0 Å². The van der Waals surface area contributed by atoms with Crippen LogP contribution in [0, 0.1) is 15.5 Å². The standard InChI is InChI=1S/C17H20INO5/c1-2-23-15(20)17-8-6-16(11-18,7-9-17)24-14(17)12-4-3-5-13(10-12)19(21)22/h3-5,10,14H,2,6-9,11H2,1H3. The molecule has 1 atom stereocenters. The van der Waals surface area contributed by atoms with Crippen LogP contribution in [0.3, 0.4) is 0 Å². The number of carbonyl (C=O) groups excluding carboxylic acids is 1. The van der Waals surface area contributed by atoms with E-state index >= 15 is 0 Å². The van der Waals surface area contributed by atoms with Crippen LogP contribution in [0.1, 0.15) is 44.3 Å². The number of benzene rings is 1. The number of ether oxygens (including phenoxy) is 2. The number of carbonyl (C=O) groups is 1. The van der Waals surface area contributed by atoms with E-state index in [9.17, 15) is 14.9 Å². The van der Waals surface area contributed by atoms with Gasteiger partial charge in [-0.25, -0.2) is 0 Å². The van der Waals surface area contributed by atoms with Crippen molar-refractivity contribution in [1.29, 1.82) is 0 Å². The molecule has 0 spiro atoms. The first kappa shape index (κ1) is 17.6. The number of hydrogen-bond donors (Lipinski definition) is 0. The second-order valence-electron chi connectivity index (χ2n) is 6.54. The number of rotatable bonds is 5. The number of alkyl halides is 1. The highest BCUT2D eigenvalue weighted by molar-refractivity contribution is 14.1. The number of hydrogen-bond acceptors (Lipinski definition) is 5. The van der Waals surface area contributed by atoms with Crippen molar-refractivity contribution < 1.29 is 19.2 Å². The lowest BCUT2D eigenvalue weighted by molar-refractivity contribution is -0.385. The Hall–Kier alpha value is -1.22. The third-order valence-electron chi connectivity index (χ3n) is 5.23. The maximum absolute atomic E-state index is 12.7. The third-order valence-corrected chi connectivity index (χ3v) is 6.62. The second-order valence-corrected chi connectivity index (χ2v) is 7.31. The molecule has 6 nitrogen and oxygen atoms in total. The summed E-state index contributed by atoms with van der Waals surface area (Å²) in [5.41, 5.74) is -0.283. The molecular formula is C17H20INO5. The average molecular weight is 445 g/mol. The van der Waals surface area contributed by atoms with Gasteiger partial charge in [-0.15, -0.1) is 0 Å². The summed E-state index contributed by atoms with van der Waals surface area (Å²) in [6, 6.07) is 6.43. The Balaban J connectivity index is 2.03. The molecule has 2 heterocycles. The van der Waals surface area contributed by atoms with Crippen molar-refractivity contribution in [2.45, 2.75) is 44.3 Å². The SMILES string of the molecule is CCOC(=O)C12CCC(CI)(CC1)OC2c1cccc([N+](=O)[O-])c1. The van der Waals surface area contributed by atoms with Gasteiger partial charge in [0, 0.05) is 16.6 Å². The lowest BCUT2D eigenvalue weighted by atomic mass is 9.61. The molecule has 0 N–H and O–H groups in total. The van der Waals surface area contributed by atoms with Gasteiger partial charge in [-0.05, 0) is 38.2 Å². The van der Waals surface area contributed by atoms with Crippen molar-refractivity contribution in [2.75, 3.05) is 11.0 Å². The molecule has 2 aliphatic heterocycles. The Labute approximate surface area is 154 Å². The van der Waals surface area contributed by atoms with Gasteiger partial charge in [0.15, 0.2) is 0 Å². The molecule has 3 fully saturated rings. The molecule has 0 radical (unpaired) electrons. The topological polar surface area (TPSA) is 78.7 Å². The second kappa shape index (κ2) is 6.59. The normalized spacial score (nSPS) is 31.7. The van der Waals surface area contributed by atoms with Gasteiger partial charge in [0.1, 0.15) is 0 Å². The molecule has 1 saturated carbocycles. The Morgan fingerprint density at radius 1 is 1.42 bits per heavy atom. The fraction of sp³-hybridized carbons (Fsp3) is 0.588. The summed E-state index contributed by atoms with van der Waals surface area (Å²) in [5.74, 6) is -0.247. The zero-order valence-corrected chi connectivity index (χ0v) is 15.7. The average Bonchev–Trinajstić information content (AvgIpc) is 2.62. The summed E-state index contributed by atoms with van der Waals surface area (Å²) in [6.07, 6.45) is 2.54. The summed E-state index contributed by atoms with van der Waals surface area (Å²) in [5, 5.41) is 11.1. The van der Waals surface area contributed by atoms with Crippen molar-refractivity contribution in [3.05, 3.63) is 39.9 Å². The Kier molecular flexibility index (Phi) is 4.83. The molecule has 1 unspecified atom stereocenters. The lowest BCUT2D eigenvalue weighted by Crippen LogP contribution is -2.57. The van der Waals surface area contributed by atoms with Crippen LogP contribution in [0.5, 0.6) is 0 Å². The fourth-order valence-electron chi connectivity index (χ4n) is 3.83. The molecule has 1 aromatic rings. The smallest absolute Gasteiger partial charge is 0.315 e. The van der Waals surface area contributed by atoms with E-state index in [0.717, 1.165) is 17.3 Å². The van der Waals surface area contributed by atoms with E-state index in [1.807, 2.05) is 0 Å². The first-order valence-corrected chi connectivity index (χ1v) is 9.64. The van der Waals surface area contributed by atoms with Gasteiger partial charge in [0.25, 0.3) is 5.69 Å². The van der Waals surface area contributed by atoms with Gasteiger partial charge in [-0.1, -0.05) is 34.7 Å². The molecule has 4 rings (SSSR count). The predicted octanol–water partition coefficient (Wildman–Crippen LogP) is 3.96. The molecular weight excluding hydrogens is 425 g/mol. The van der Waals surface area contributed by atoms with E-state index in [2.05, 4.69) is 22.6 Å². The quantitative estimate of drug-likeness (QED) is 0.225. The van der Waals surface area contributed by atoms with Gasteiger partial charge >= 0.3 is 5.97 Å². The molecule has 2 saturated heterocycles. The number of non-ortho nitro benzene ring substituents is 1. The van der Waals surface area contributed by atoms with Gasteiger partial charge in [0.05, 0.1) is 28.7 Å². The fourth-order valence-corrected chi connectivity index (χ4v) is 4.78. The molecule has 3 aliphatic rings. The molecule has 0 aromatic heterocycles. The minimum atomic E-state index is -0.737. The zero-order chi connectivity index (χ0) is 17.4. The van der Waals surface area contributed by atoms with Crippen LogP contribution in [0.4, 0.5) is 5.69 Å². The maximum atomic E-state index is 12.7. The van der Waals surface area contributed by atoms with Gasteiger partial charge in [-0.2, -0.15) is 0 Å². The Morgan fingerprint density at radius 2 is 2.12 bits per heavy atom. The van der Waals surface area contributed by atoms with Crippen LogP contribution in [-0.2, 0) is 14.3 Å². The minimum absolute atomic E-state index is 0.0140. The van der Waals surface area contributed by atoms with E-state index in [1.165, 1.54) is 12.1 Å². The molecule has 1 aliphatic carbocycles. The summed E-state index contributed by atoms with van der Waals surface area (Å²) in [7, 11) is 0. The predicted molar refractivity (Wildman–Crippen MR) is 96.1 cm³/mol. The third kappa shape index (κ3) is 2.81. The molecule has 24 heavy (non-hydrogen) atoms. The number of nitrogens with zero attached hydrogens (tertiary/aromatic N) is 1. The summed E-state index contributed by atoms with van der Waals surface area (Å²) in [6.45, 7) is 2.11. The zero-order valence-electron chi connectivity index (χ0n) is 13.5. The van der Waals surface area contributed by atoms with E-state index in [4.69, 9.17) is 9.47 Å². The number of halogens is 1. The molecule has 0 amide bonds. The number of fused-ring (bicyclic) bond motifs is 3. The van der Waals surface area contributed by atoms with Crippen LogP contribution in [-0.4, -0.2) is 27.5 Å². The highest BCUT2D eigenvalue weighted by Crippen LogP contribution is 2.59. The number of nitro groups is 1. The van der Waals surface area contributed by atoms with Crippen molar-refractivity contribution in [1.82, 2.24) is 0 Å². The summed E-state index contributed by atoms with van der Waals surface area (Å²) < 4.78 is 12.6. The van der Waals surface area contributed by atoms with E-state index < -0.39 is 16.4 Å². The van der Waals surface area contributed by atoms with Crippen LogP contribution in [0.25, 0.3) is 0 Å². The lowest BCUT2D eigenvalue weighted by Gasteiger charge is -2.55. The Bertz CT molecular complexity index is 654. The number of nitro benzene ring substituents is 1. The highest BCUT2D eigenvalue weighted by atomic mass is 127. The van der Waals surface area contributed by atoms with Crippen molar-refractivity contribution in [2.24, 2.45) is 5.41 Å². The highest BCUT2D eigenvalue weighted by Gasteiger charge is 2.60. The monoisotopic (exact) mass is 445 g/mol. The Morgan fingerprint density at radius 3 is 2.71 bits per heavy atom. The largest absolute Gasteiger partial charge is 0.465 e. The maximum Gasteiger partial charge on any atom is 0.315 e. The van der Waals surface area contributed by atoms with E-state index in [0.29, 0.717) is 25.0 Å². The van der Waals surface area contributed by atoms with Crippen LogP contribution < -0.4 is 0 Å². The van der Waals surface area contributed by atoms with Crippen LogP contribution >= 0.6 is 22.6 Å². The molecule has 2 bridgehead atoms. The summed E-state index contributed by atoms with van der Waals surface area (Å²) >= 11 is 2.32. The first-order valence-electron chi connectivity index (χ1n) is 8.12. The molecule has 7 heteroatoms. The van der Waals surface area contributed by atoms with Crippen molar-refractivity contribution in [3.8, 4) is 0 Å². The minimum Gasteiger partial charge on any atom is -0.465 e. The van der Waals surface area contributed by atoms with Crippen LogP contribution in [0.15, 0.2) is 24.3 Å². The molecule has 130 valence electrons. The van der Waals surface area contributed by atoms with Crippen molar-refractivity contribution in [3.63, 3.8) is 0 Å². The molecule has 1 aromatic carbocycles. The van der Waals surface area contributed by atoms with Crippen molar-refractivity contribution >= 4 is 34.2 Å². The van der Waals surface area contributed by atoms with Gasteiger partial charge in [-0.3, -0.25) is 14.9 Å². The van der Waals surface area contributed by atoms with Gasteiger partial charge < -0.3 is 9.47 Å².